The smallest absolute Gasteiger partial charge is 0.0722 e. The number of rotatable bonds is 2. The van der Waals surface area contributed by atoms with E-state index in [9.17, 15) is 5.11 Å². The van der Waals surface area contributed by atoms with Gasteiger partial charge in [0.2, 0.25) is 0 Å². The number of ether oxygens (including phenoxy) is 1. The lowest BCUT2D eigenvalue weighted by atomic mass is 9.83. The Labute approximate surface area is 80.3 Å². The standard InChI is InChI=1S/C11H20O2/c1-8(2)10-7-11(12,5-6-13-10)9-3-4-9/h8-10,12H,3-7H2,1-2H3. The molecule has 2 nitrogen and oxygen atoms in total. The molecule has 2 atom stereocenters. The molecule has 1 aliphatic carbocycles. The lowest BCUT2D eigenvalue weighted by molar-refractivity contribution is -0.126. The second-order valence-corrected chi connectivity index (χ2v) is 4.99. The zero-order valence-electron chi connectivity index (χ0n) is 8.62. The normalized spacial score (nSPS) is 41.1. The van der Waals surface area contributed by atoms with Crippen LogP contribution in [0.15, 0.2) is 0 Å². The van der Waals surface area contributed by atoms with Crippen molar-refractivity contribution in [3.8, 4) is 0 Å². The number of hydrogen-bond acceptors (Lipinski definition) is 2. The summed E-state index contributed by atoms with van der Waals surface area (Å²) in [5, 5.41) is 10.4. The molecule has 0 radical (unpaired) electrons. The monoisotopic (exact) mass is 184 g/mol. The van der Waals surface area contributed by atoms with Crippen molar-refractivity contribution in [3.63, 3.8) is 0 Å². The molecule has 2 aliphatic rings. The van der Waals surface area contributed by atoms with Crippen molar-refractivity contribution in [2.75, 3.05) is 6.61 Å². The Hall–Kier alpha value is -0.0800. The summed E-state index contributed by atoms with van der Waals surface area (Å²) in [6.45, 7) is 5.09. The van der Waals surface area contributed by atoms with Gasteiger partial charge < -0.3 is 9.84 Å². The molecule has 0 amide bonds. The Balaban J connectivity index is 1.98. The minimum Gasteiger partial charge on any atom is -0.389 e. The molecule has 0 aromatic carbocycles. The highest BCUT2D eigenvalue weighted by atomic mass is 16.5. The lowest BCUT2D eigenvalue weighted by Crippen LogP contribution is -2.44. The van der Waals surface area contributed by atoms with E-state index in [1.165, 1.54) is 12.8 Å². The van der Waals surface area contributed by atoms with Crippen LogP contribution < -0.4 is 0 Å². The molecule has 2 unspecified atom stereocenters. The molecule has 0 bridgehead atoms. The molecule has 1 N–H and O–H groups in total. The molecule has 1 aliphatic heterocycles. The molecule has 1 saturated heterocycles. The molecule has 0 aromatic rings. The van der Waals surface area contributed by atoms with Gasteiger partial charge in [0.05, 0.1) is 11.7 Å². The molecular weight excluding hydrogens is 164 g/mol. The summed E-state index contributed by atoms with van der Waals surface area (Å²) in [7, 11) is 0. The van der Waals surface area contributed by atoms with E-state index >= 15 is 0 Å². The van der Waals surface area contributed by atoms with E-state index in [4.69, 9.17) is 4.74 Å². The quantitative estimate of drug-likeness (QED) is 0.711. The van der Waals surface area contributed by atoms with Crippen molar-refractivity contribution >= 4 is 0 Å². The summed E-state index contributed by atoms with van der Waals surface area (Å²) < 4.78 is 5.65. The third-order valence-corrected chi connectivity index (χ3v) is 3.50. The van der Waals surface area contributed by atoms with Gasteiger partial charge in [-0.1, -0.05) is 13.8 Å². The fraction of sp³-hybridized carbons (Fsp3) is 1.00. The second kappa shape index (κ2) is 3.25. The minimum atomic E-state index is -0.382. The first-order valence-corrected chi connectivity index (χ1v) is 5.46. The maximum absolute atomic E-state index is 10.4. The van der Waals surface area contributed by atoms with E-state index in [0.29, 0.717) is 11.8 Å². The van der Waals surface area contributed by atoms with Crippen LogP contribution >= 0.6 is 0 Å². The summed E-state index contributed by atoms with van der Waals surface area (Å²) in [6, 6.07) is 0. The van der Waals surface area contributed by atoms with E-state index in [2.05, 4.69) is 13.8 Å². The maximum Gasteiger partial charge on any atom is 0.0722 e. The average molecular weight is 184 g/mol. The molecule has 0 aromatic heterocycles. The van der Waals surface area contributed by atoms with Crippen LogP contribution in [0, 0.1) is 11.8 Å². The zero-order valence-corrected chi connectivity index (χ0v) is 8.62. The first kappa shape index (κ1) is 9.47. The Morgan fingerprint density at radius 2 is 2.08 bits per heavy atom. The Morgan fingerprint density at radius 1 is 1.38 bits per heavy atom. The Morgan fingerprint density at radius 3 is 2.62 bits per heavy atom. The van der Waals surface area contributed by atoms with Gasteiger partial charge in [-0.15, -0.1) is 0 Å². The largest absolute Gasteiger partial charge is 0.389 e. The number of hydrogen-bond donors (Lipinski definition) is 1. The molecular formula is C11H20O2. The first-order chi connectivity index (χ1) is 6.12. The highest BCUT2D eigenvalue weighted by molar-refractivity contribution is 4.98. The van der Waals surface area contributed by atoms with Crippen LogP contribution in [0.1, 0.15) is 39.5 Å². The van der Waals surface area contributed by atoms with Crippen molar-refractivity contribution in [2.24, 2.45) is 11.8 Å². The van der Waals surface area contributed by atoms with Crippen molar-refractivity contribution < 1.29 is 9.84 Å². The van der Waals surface area contributed by atoms with Gasteiger partial charge in [-0.3, -0.25) is 0 Å². The van der Waals surface area contributed by atoms with Crippen molar-refractivity contribution in [3.05, 3.63) is 0 Å². The molecule has 2 heteroatoms. The SMILES string of the molecule is CC(C)C1CC(O)(C2CC2)CCO1. The van der Waals surface area contributed by atoms with Crippen LogP contribution in [0.4, 0.5) is 0 Å². The fourth-order valence-corrected chi connectivity index (χ4v) is 2.32. The van der Waals surface area contributed by atoms with Crippen LogP contribution in [-0.4, -0.2) is 23.4 Å². The molecule has 2 fully saturated rings. The van der Waals surface area contributed by atoms with Gasteiger partial charge in [-0.05, 0) is 31.1 Å². The minimum absolute atomic E-state index is 0.277. The Bertz CT molecular complexity index is 187. The van der Waals surface area contributed by atoms with Crippen LogP contribution in [0.5, 0.6) is 0 Å². The topological polar surface area (TPSA) is 29.5 Å². The zero-order chi connectivity index (χ0) is 9.47. The summed E-state index contributed by atoms with van der Waals surface area (Å²) in [4.78, 5) is 0. The predicted molar refractivity (Wildman–Crippen MR) is 51.5 cm³/mol. The van der Waals surface area contributed by atoms with Gasteiger partial charge in [-0.25, -0.2) is 0 Å². The van der Waals surface area contributed by atoms with Gasteiger partial charge in [0, 0.05) is 13.0 Å². The fourth-order valence-electron chi connectivity index (χ4n) is 2.32. The average Bonchev–Trinajstić information content (AvgIpc) is 2.86. The molecule has 76 valence electrons. The summed E-state index contributed by atoms with van der Waals surface area (Å²) >= 11 is 0. The molecule has 1 saturated carbocycles. The molecule has 0 spiro atoms. The lowest BCUT2D eigenvalue weighted by Gasteiger charge is -2.38. The summed E-state index contributed by atoms with van der Waals surface area (Å²) in [6.07, 6.45) is 4.43. The van der Waals surface area contributed by atoms with Crippen LogP contribution in [0.25, 0.3) is 0 Å². The van der Waals surface area contributed by atoms with Crippen LogP contribution in [0.3, 0.4) is 0 Å². The van der Waals surface area contributed by atoms with E-state index in [0.717, 1.165) is 19.4 Å². The van der Waals surface area contributed by atoms with Gasteiger partial charge in [0.15, 0.2) is 0 Å². The Kier molecular flexibility index (Phi) is 2.37. The second-order valence-electron chi connectivity index (χ2n) is 4.99. The van der Waals surface area contributed by atoms with Crippen LogP contribution in [-0.2, 0) is 4.74 Å². The number of aliphatic hydroxyl groups is 1. The third kappa shape index (κ3) is 1.89. The van der Waals surface area contributed by atoms with Gasteiger partial charge in [-0.2, -0.15) is 0 Å². The van der Waals surface area contributed by atoms with Crippen LogP contribution in [0.2, 0.25) is 0 Å². The van der Waals surface area contributed by atoms with E-state index < -0.39 is 0 Å². The summed E-state index contributed by atoms with van der Waals surface area (Å²) in [5.41, 5.74) is -0.382. The highest BCUT2D eigenvalue weighted by Crippen LogP contribution is 2.46. The molecule has 1 heterocycles. The van der Waals surface area contributed by atoms with Gasteiger partial charge >= 0.3 is 0 Å². The predicted octanol–water partition coefficient (Wildman–Crippen LogP) is 1.96. The van der Waals surface area contributed by atoms with Crippen molar-refractivity contribution in [1.29, 1.82) is 0 Å². The summed E-state index contributed by atoms with van der Waals surface area (Å²) in [5.74, 6) is 1.11. The van der Waals surface area contributed by atoms with Crippen molar-refractivity contribution in [2.45, 2.75) is 51.2 Å². The van der Waals surface area contributed by atoms with E-state index in [-0.39, 0.29) is 11.7 Å². The van der Waals surface area contributed by atoms with Crippen molar-refractivity contribution in [1.82, 2.24) is 0 Å². The molecule has 2 rings (SSSR count). The third-order valence-electron chi connectivity index (χ3n) is 3.50. The molecule has 13 heavy (non-hydrogen) atoms. The van der Waals surface area contributed by atoms with E-state index in [1.54, 1.807) is 0 Å². The van der Waals surface area contributed by atoms with E-state index in [1.807, 2.05) is 0 Å². The van der Waals surface area contributed by atoms with Gasteiger partial charge in [0.1, 0.15) is 0 Å². The van der Waals surface area contributed by atoms with Gasteiger partial charge in [0.25, 0.3) is 0 Å². The maximum atomic E-state index is 10.4. The highest BCUT2D eigenvalue weighted by Gasteiger charge is 2.47. The first-order valence-electron chi connectivity index (χ1n) is 5.46.